The Morgan fingerprint density at radius 1 is 1.17 bits per heavy atom. The van der Waals surface area contributed by atoms with Crippen LogP contribution in [0.4, 0.5) is 0 Å². The van der Waals surface area contributed by atoms with Gasteiger partial charge in [0.2, 0.25) is 12.7 Å². The number of rotatable bonds is 7. The smallest absolute Gasteiger partial charge is 0.231 e. The number of carbonyl (C=O) groups excluding carboxylic acids is 1. The minimum Gasteiger partial charge on any atom is -0.496 e. The summed E-state index contributed by atoms with van der Waals surface area (Å²) in [5, 5.41) is 13.6. The molecule has 2 aliphatic heterocycles. The lowest BCUT2D eigenvalue weighted by Crippen LogP contribution is -2.48. The third-order valence-corrected chi connectivity index (χ3v) is 5.89. The summed E-state index contributed by atoms with van der Waals surface area (Å²) in [5.74, 6) is 1.95. The molecule has 1 atom stereocenters. The number of hydrogen-bond donors (Lipinski definition) is 2. The van der Waals surface area contributed by atoms with Crippen molar-refractivity contribution in [3.05, 3.63) is 53.6 Å². The number of benzene rings is 2. The van der Waals surface area contributed by atoms with Gasteiger partial charge in [0, 0.05) is 25.3 Å². The third kappa shape index (κ3) is 3.95. The van der Waals surface area contributed by atoms with Crippen LogP contribution in [0.1, 0.15) is 36.5 Å². The number of methoxy groups -OCH3 is 1. The Morgan fingerprint density at radius 2 is 1.93 bits per heavy atom. The second-order valence-electron chi connectivity index (χ2n) is 7.57. The van der Waals surface area contributed by atoms with Crippen molar-refractivity contribution in [2.24, 2.45) is 0 Å². The molecule has 0 spiro atoms. The van der Waals surface area contributed by atoms with Gasteiger partial charge in [0.15, 0.2) is 11.5 Å². The molecule has 2 heterocycles. The predicted molar refractivity (Wildman–Crippen MR) is 110 cm³/mol. The number of carbonyl (C=O) groups is 1. The molecule has 1 saturated heterocycles. The molecule has 1 amide bonds. The molecule has 2 aromatic rings. The zero-order valence-electron chi connectivity index (χ0n) is 17.1. The van der Waals surface area contributed by atoms with Crippen LogP contribution in [-0.2, 0) is 14.9 Å². The Hall–Kier alpha value is -2.77. The molecule has 2 N–H and O–H groups in total. The zero-order chi connectivity index (χ0) is 21.0. The van der Waals surface area contributed by atoms with Crippen molar-refractivity contribution in [2.75, 3.05) is 33.7 Å². The van der Waals surface area contributed by atoms with E-state index < -0.39 is 11.5 Å². The normalized spacial score (nSPS) is 17.9. The SMILES string of the molecule is COc1ccccc1C1(C(=O)NCCC(O)c2ccc3c(c2)OCO3)CCOCC1. The van der Waals surface area contributed by atoms with Gasteiger partial charge in [0.1, 0.15) is 5.75 Å². The average Bonchev–Trinajstić information content (AvgIpc) is 3.27. The fourth-order valence-electron chi connectivity index (χ4n) is 4.16. The molecule has 0 bridgehead atoms. The van der Waals surface area contributed by atoms with E-state index in [1.54, 1.807) is 19.2 Å². The largest absolute Gasteiger partial charge is 0.496 e. The lowest BCUT2D eigenvalue weighted by Gasteiger charge is -2.37. The van der Waals surface area contributed by atoms with Gasteiger partial charge < -0.3 is 29.4 Å². The van der Waals surface area contributed by atoms with Gasteiger partial charge in [-0.3, -0.25) is 4.79 Å². The van der Waals surface area contributed by atoms with Crippen LogP contribution in [-0.4, -0.2) is 44.7 Å². The van der Waals surface area contributed by atoms with Crippen LogP contribution in [0.2, 0.25) is 0 Å². The summed E-state index contributed by atoms with van der Waals surface area (Å²) in [6.07, 6.45) is 0.856. The molecule has 0 radical (unpaired) electrons. The highest BCUT2D eigenvalue weighted by Gasteiger charge is 2.43. The van der Waals surface area contributed by atoms with Crippen molar-refractivity contribution in [3.63, 3.8) is 0 Å². The van der Waals surface area contributed by atoms with Crippen LogP contribution in [0.15, 0.2) is 42.5 Å². The standard InChI is InChI=1S/C23H27NO6/c1-27-19-5-3-2-4-17(19)23(9-12-28-13-10-23)22(26)24-11-8-18(25)16-6-7-20-21(14-16)30-15-29-20/h2-7,14,18,25H,8-13,15H2,1H3,(H,24,26). The predicted octanol–water partition coefficient (Wildman–Crippen LogP) is 2.71. The number of aliphatic hydroxyl groups excluding tert-OH is 1. The van der Waals surface area contributed by atoms with Gasteiger partial charge in [-0.25, -0.2) is 0 Å². The summed E-state index contributed by atoms with van der Waals surface area (Å²) >= 11 is 0. The van der Waals surface area contributed by atoms with Crippen LogP contribution in [0, 0.1) is 0 Å². The van der Waals surface area contributed by atoms with Gasteiger partial charge in [0.25, 0.3) is 0 Å². The van der Waals surface area contributed by atoms with Gasteiger partial charge in [-0.05, 0) is 43.0 Å². The van der Waals surface area contributed by atoms with E-state index in [9.17, 15) is 9.90 Å². The number of amides is 1. The molecule has 1 unspecified atom stereocenters. The monoisotopic (exact) mass is 413 g/mol. The highest BCUT2D eigenvalue weighted by atomic mass is 16.7. The summed E-state index contributed by atoms with van der Waals surface area (Å²) in [6.45, 7) is 1.59. The maximum atomic E-state index is 13.3. The van der Waals surface area contributed by atoms with Crippen molar-refractivity contribution < 1.29 is 28.8 Å². The molecule has 7 nitrogen and oxygen atoms in total. The van der Waals surface area contributed by atoms with Crippen molar-refractivity contribution in [1.82, 2.24) is 5.32 Å². The number of ether oxygens (including phenoxy) is 4. The number of nitrogens with one attached hydrogen (secondary N) is 1. The molecule has 7 heteroatoms. The molecule has 0 aliphatic carbocycles. The van der Waals surface area contributed by atoms with Gasteiger partial charge in [-0.1, -0.05) is 24.3 Å². The summed E-state index contributed by atoms with van der Waals surface area (Å²) in [5.41, 5.74) is 0.915. The second-order valence-corrected chi connectivity index (χ2v) is 7.57. The summed E-state index contributed by atoms with van der Waals surface area (Å²) in [7, 11) is 1.62. The lowest BCUT2D eigenvalue weighted by atomic mass is 9.73. The Balaban J connectivity index is 1.43. The van der Waals surface area contributed by atoms with Crippen molar-refractivity contribution in [3.8, 4) is 17.2 Å². The van der Waals surface area contributed by atoms with E-state index >= 15 is 0 Å². The molecule has 160 valence electrons. The number of hydrogen-bond acceptors (Lipinski definition) is 6. The minimum absolute atomic E-state index is 0.0619. The van der Waals surface area contributed by atoms with E-state index in [2.05, 4.69) is 5.32 Å². The van der Waals surface area contributed by atoms with E-state index in [-0.39, 0.29) is 12.7 Å². The van der Waals surface area contributed by atoms with Gasteiger partial charge in [-0.15, -0.1) is 0 Å². The topological polar surface area (TPSA) is 86.3 Å². The van der Waals surface area contributed by atoms with Crippen LogP contribution in [0.5, 0.6) is 17.2 Å². The number of fused-ring (bicyclic) bond motifs is 1. The molecular weight excluding hydrogens is 386 g/mol. The Labute approximate surface area is 175 Å². The number of para-hydroxylation sites is 1. The Kier molecular flexibility index (Phi) is 6.11. The highest BCUT2D eigenvalue weighted by Crippen LogP contribution is 2.40. The highest BCUT2D eigenvalue weighted by molar-refractivity contribution is 5.89. The molecule has 1 fully saturated rings. The maximum Gasteiger partial charge on any atom is 0.231 e. The van der Waals surface area contributed by atoms with Crippen molar-refractivity contribution >= 4 is 5.91 Å². The first kappa shape index (κ1) is 20.5. The second kappa shape index (κ2) is 8.93. The third-order valence-electron chi connectivity index (χ3n) is 5.89. The van der Waals surface area contributed by atoms with Gasteiger partial charge in [-0.2, -0.15) is 0 Å². The van der Waals surface area contributed by atoms with Crippen LogP contribution in [0.3, 0.4) is 0 Å². The number of aliphatic hydroxyl groups is 1. The van der Waals surface area contributed by atoms with E-state index in [4.69, 9.17) is 18.9 Å². The van der Waals surface area contributed by atoms with Crippen LogP contribution >= 0.6 is 0 Å². The first-order chi connectivity index (χ1) is 14.6. The van der Waals surface area contributed by atoms with E-state index in [1.165, 1.54) is 0 Å². The molecule has 2 aliphatic rings. The van der Waals surface area contributed by atoms with E-state index in [0.29, 0.717) is 56.3 Å². The fraction of sp³-hybridized carbons (Fsp3) is 0.435. The van der Waals surface area contributed by atoms with Crippen LogP contribution < -0.4 is 19.5 Å². The van der Waals surface area contributed by atoms with E-state index in [0.717, 1.165) is 11.1 Å². The lowest BCUT2D eigenvalue weighted by molar-refractivity contribution is -0.130. The molecule has 0 saturated carbocycles. The first-order valence-corrected chi connectivity index (χ1v) is 10.2. The van der Waals surface area contributed by atoms with Gasteiger partial charge >= 0.3 is 0 Å². The Morgan fingerprint density at radius 3 is 2.73 bits per heavy atom. The minimum atomic E-state index is -0.711. The fourth-order valence-corrected chi connectivity index (χ4v) is 4.16. The molecule has 30 heavy (non-hydrogen) atoms. The summed E-state index contributed by atoms with van der Waals surface area (Å²) in [6, 6.07) is 13.0. The summed E-state index contributed by atoms with van der Waals surface area (Å²) in [4.78, 5) is 13.3. The molecule has 2 aromatic carbocycles. The first-order valence-electron chi connectivity index (χ1n) is 10.2. The zero-order valence-corrected chi connectivity index (χ0v) is 17.1. The molecular formula is C23H27NO6. The van der Waals surface area contributed by atoms with Crippen LogP contribution in [0.25, 0.3) is 0 Å². The summed E-state index contributed by atoms with van der Waals surface area (Å²) < 4.78 is 21.7. The quantitative estimate of drug-likeness (QED) is 0.726. The molecule has 4 rings (SSSR count). The maximum absolute atomic E-state index is 13.3. The average molecular weight is 413 g/mol. The van der Waals surface area contributed by atoms with Crippen molar-refractivity contribution in [1.29, 1.82) is 0 Å². The van der Waals surface area contributed by atoms with E-state index in [1.807, 2.05) is 30.3 Å². The van der Waals surface area contributed by atoms with Crippen molar-refractivity contribution in [2.45, 2.75) is 30.8 Å². The molecule has 0 aromatic heterocycles. The van der Waals surface area contributed by atoms with Gasteiger partial charge in [0.05, 0.1) is 18.6 Å². The Bertz CT molecular complexity index is 893.